The molecular formula is C12H12N4S. The molecule has 2 aromatic heterocycles. The zero-order chi connectivity index (χ0) is 12.1. The molecule has 4 nitrogen and oxygen atoms in total. The van der Waals surface area contributed by atoms with E-state index in [9.17, 15) is 0 Å². The number of thiazole rings is 1. The summed E-state index contributed by atoms with van der Waals surface area (Å²) in [6.07, 6.45) is 6.18. The van der Waals surface area contributed by atoms with Gasteiger partial charge in [0.05, 0.1) is 6.20 Å². The number of anilines is 1. The fraction of sp³-hybridized carbons (Fsp3) is 0.250. The van der Waals surface area contributed by atoms with E-state index < -0.39 is 0 Å². The van der Waals surface area contributed by atoms with Gasteiger partial charge in [0.25, 0.3) is 0 Å². The summed E-state index contributed by atoms with van der Waals surface area (Å²) in [6, 6.07) is 6.09. The smallest absolute Gasteiger partial charge is 0.186 e. The van der Waals surface area contributed by atoms with Gasteiger partial charge < -0.3 is 4.90 Å². The second kappa shape index (κ2) is 5.41. The number of nitriles is 1. The largest absolute Gasteiger partial charge is 0.351 e. The molecule has 0 aliphatic rings. The molecule has 0 saturated carbocycles. The first-order valence-electron chi connectivity index (χ1n) is 5.25. The predicted molar refractivity (Wildman–Crippen MR) is 68.0 cm³/mol. The van der Waals surface area contributed by atoms with Crippen LogP contribution in [0.1, 0.15) is 10.4 Å². The molecule has 0 saturated heterocycles. The van der Waals surface area contributed by atoms with E-state index in [0.717, 1.165) is 18.1 Å². The SMILES string of the molecule is CN(CCc1cccnc1)c1ncc(C#N)s1. The first kappa shape index (κ1) is 11.6. The Morgan fingerprint density at radius 3 is 3.00 bits per heavy atom. The third kappa shape index (κ3) is 3.02. The summed E-state index contributed by atoms with van der Waals surface area (Å²) in [4.78, 5) is 11.0. The molecule has 2 aromatic rings. The molecule has 0 radical (unpaired) electrons. The van der Waals surface area contributed by atoms with Gasteiger partial charge in [-0.3, -0.25) is 4.98 Å². The Morgan fingerprint density at radius 1 is 1.47 bits per heavy atom. The van der Waals surface area contributed by atoms with Crippen molar-refractivity contribution in [3.63, 3.8) is 0 Å². The molecule has 0 bridgehead atoms. The Labute approximate surface area is 104 Å². The molecule has 0 atom stereocenters. The minimum atomic E-state index is 0.647. The average molecular weight is 244 g/mol. The van der Waals surface area contributed by atoms with Crippen molar-refractivity contribution in [2.75, 3.05) is 18.5 Å². The summed E-state index contributed by atoms with van der Waals surface area (Å²) < 4.78 is 0. The molecule has 0 spiro atoms. The van der Waals surface area contributed by atoms with E-state index in [-0.39, 0.29) is 0 Å². The van der Waals surface area contributed by atoms with Crippen LogP contribution in [0.5, 0.6) is 0 Å². The fourth-order valence-electron chi connectivity index (χ4n) is 1.43. The van der Waals surface area contributed by atoms with Gasteiger partial charge in [-0.15, -0.1) is 0 Å². The number of nitrogens with zero attached hydrogens (tertiary/aromatic N) is 4. The third-order valence-corrected chi connectivity index (χ3v) is 3.41. The number of rotatable bonds is 4. The highest BCUT2D eigenvalue weighted by atomic mass is 32.1. The first-order valence-corrected chi connectivity index (χ1v) is 6.07. The molecule has 0 fully saturated rings. The van der Waals surface area contributed by atoms with Crippen LogP contribution in [0.15, 0.2) is 30.7 Å². The van der Waals surface area contributed by atoms with Crippen LogP contribution < -0.4 is 4.90 Å². The normalized spacial score (nSPS) is 9.88. The average Bonchev–Trinajstić information content (AvgIpc) is 2.86. The highest BCUT2D eigenvalue weighted by molar-refractivity contribution is 7.16. The van der Waals surface area contributed by atoms with E-state index in [1.165, 1.54) is 16.9 Å². The Bertz CT molecular complexity index is 515. The minimum Gasteiger partial charge on any atom is -0.351 e. The molecule has 5 heteroatoms. The van der Waals surface area contributed by atoms with Gasteiger partial charge in [-0.05, 0) is 18.1 Å². The third-order valence-electron chi connectivity index (χ3n) is 2.39. The molecule has 17 heavy (non-hydrogen) atoms. The van der Waals surface area contributed by atoms with Crippen LogP contribution in [-0.4, -0.2) is 23.6 Å². The van der Waals surface area contributed by atoms with Crippen LogP contribution in [0.3, 0.4) is 0 Å². The molecular weight excluding hydrogens is 232 g/mol. The summed E-state index contributed by atoms with van der Waals surface area (Å²) in [5.74, 6) is 0. The van der Waals surface area contributed by atoms with E-state index in [1.807, 2.05) is 19.3 Å². The highest BCUT2D eigenvalue weighted by Crippen LogP contribution is 2.20. The number of hydrogen-bond donors (Lipinski definition) is 0. The van der Waals surface area contributed by atoms with Crippen molar-refractivity contribution in [1.29, 1.82) is 5.26 Å². The van der Waals surface area contributed by atoms with Gasteiger partial charge in [0.2, 0.25) is 0 Å². The maximum atomic E-state index is 8.73. The quantitative estimate of drug-likeness (QED) is 0.826. The van der Waals surface area contributed by atoms with Gasteiger partial charge in [0.15, 0.2) is 5.13 Å². The van der Waals surface area contributed by atoms with Gasteiger partial charge in [-0.25, -0.2) is 4.98 Å². The van der Waals surface area contributed by atoms with Crippen molar-refractivity contribution >= 4 is 16.5 Å². The topological polar surface area (TPSA) is 52.8 Å². The molecule has 0 N–H and O–H groups in total. The van der Waals surface area contributed by atoms with Crippen LogP contribution in [0.2, 0.25) is 0 Å². The molecule has 0 aromatic carbocycles. The van der Waals surface area contributed by atoms with E-state index in [1.54, 1.807) is 12.4 Å². The van der Waals surface area contributed by atoms with Crippen molar-refractivity contribution in [3.8, 4) is 6.07 Å². The number of likely N-dealkylation sites (N-methyl/N-ethyl adjacent to an activating group) is 1. The predicted octanol–water partition coefficient (Wildman–Crippen LogP) is 2.09. The molecule has 0 amide bonds. The van der Waals surface area contributed by atoms with Gasteiger partial charge in [-0.2, -0.15) is 5.26 Å². The van der Waals surface area contributed by atoms with Gasteiger partial charge in [0.1, 0.15) is 10.9 Å². The van der Waals surface area contributed by atoms with Crippen LogP contribution in [0.25, 0.3) is 0 Å². The lowest BCUT2D eigenvalue weighted by atomic mass is 10.2. The lowest BCUT2D eigenvalue weighted by Crippen LogP contribution is -2.19. The zero-order valence-electron chi connectivity index (χ0n) is 9.50. The van der Waals surface area contributed by atoms with Crippen LogP contribution in [0.4, 0.5) is 5.13 Å². The van der Waals surface area contributed by atoms with Crippen LogP contribution in [0, 0.1) is 11.3 Å². The molecule has 0 unspecified atom stereocenters. The van der Waals surface area contributed by atoms with Crippen LogP contribution in [-0.2, 0) is 6.42 Å². The maximum absolute atomic E-state index is 8.73. The molecule has 0 aliphatic heterocycles. The molecule has 0 aliphatic carbocycles. The summed E-state index contributed by atoms with van der Waals surface area (Å²) >= 11 is 1.41. The van der Waals surface area contributed by atoms with E-state index in [0.29, 0.717) is 4.88 Å². The van der Waals surface area contributed by atoms with E-state index in [4.69, 9.17) is 5.26 Å². The number of hydrogen-bond acceptors (Lipinski definition) is 5. The van der Waals surface area contributed by atoms with Gasteiger partial charge >= 0.3 is 0 Å². The Morgan fingerprint density at radius 2 is 2.35 bits per heavy atom. The second-order valence-electron chi connectivity index (χ2n) is 3.65. The zero-order valence-corrected chi connectivity index (χ0v) is 10.3. The van der Waals surface area contributed by atoms with Crippen molar-refractivity contribution in [1.82, 2.24) is 9.97 Å². The highest BCUT2D eigenvalue weighted by Gasteiger charge is 2.06. The lowest BCUT2D eigenvalue weighted by Gasteiger charge is -2.14. The van der Waals surface area contributed by atoms with E-state index >= 15 is 0 Å². The Balaban J connectivity index is 1.94. The van der Waals surface area contributed by atoms with Crippen molar-refractivity contribution in [3.05, 3.63) is 41.2 Å². The minimum absolute atomic E-state index is 0.647. The molecule has 2 rings (SSSR count). The monoisotopic (exact) mass is 244 g/mol. The summed E-state index contributed by atoms with van der Waals surface area (Å²) in [7, 11) is 1.98. The first-order chi connectivity index (χ1) is 8.29. The molecule has 86 valence electrons. The summed E-state index contributed by atoms with van der Waals surface area (Å²) in [6.45, 7) is 0.865. The fourth-order valence-corrected chi connectivity index (χ4v) is 2.13. The summed E-state index contributed by atoms with van der Waals surface area (Å²) in [5, 5.41) is 9.61. The van der Waals surface area contributed by atoms with Crippen molar-refractivity contribution in [2.45, 2.75) is 6.42 Å². The molecule has 2 heterocycles. The van der Waals surface area contributed by atoms with Gasteiger partial charge in [-0.1, -0.05) is 17.4 Å². The summed E-state index contributed by atoms with van der Waals surface area (Å²) in [5.41, 5.74) is 1.21. The number of pyridine rings is 1. The standard InChI is InChI=1S/C12H12N4S/c1-16(12-15-9-11(7-13)17-12)6-4-10-3-2-5-14-8-10/h2-3,5,8-9H,4,6H2,1H3. The van der Waals surface area contributed by atoms with Crippen molar-refractivity contribution in [2.24, 2.45) is 0 Å². The van der Waals surface area contributed by atoms with Crippen LogP contribution >= 0.6 is 11.3 Å². The lowest BCUT2D eigenvalue weighted by molar-refractivity contribution is 0.867. The van der Waals surface area contributed by atoms with E-state index in [2.05, 4.69) is 27.0 Å². The maximum Gasteiger partial charge on any atom is 0.186 e. The Kier molecular flexibility index (Phi) is 3.68. The number of aromatic nitrogens is 2. The Hall–Kier alpha value is -1.93. The van der Waals surface area contributed by atoms with Crippen molar-refractivity contribution < 1.29 is 0 Å². The van der Waals surface area contributed by atoms with Gasteiger partial charge in [0, 0.05) is 26.0 Å². The second-order valence-corrected chi connectivity index (χ2v) is 4.66.